The third-order valence-corrected chi connectivity index (χ3v) is 3.30. The second-order valence-corrected chi connectivity index (χ2v) is 4.80. The molecule has 0 aliphatic heterocycles. The quantitative estimate of drug-likeness (QED) is 0.714. The summed E-state index contributed by atoms with van der Waals surface area (Å²) in [6.45, 7) is -0.381. The molecule has 0 aliphatic rings. The van der Waals surface area contributed by atoms with Crippen molar-refractivity contribution in [3.63, 3.8) is 0 Å². The maximum absolute atomic E-state index is 13.7. The van der Waals surface area contributed by atoms with Crippen LogP contribution in [0.2, 0.25) is 0 Å². The van der Waals surface area contributed by atoms with E-state index in [1.54, 1.807) is 0 Å². The van der Waals surface area contributed by atoms with Crippen molar-refractivity contribution in [2.24, 2.45) is 5.73 Å². The van der Waals surface area contributed by atoms with Crippen LogP contribution in [0.1, 0.15) is 11.3 Å². The van der Waals surface area contributed by atoms with E-state index < -0.39 is 17.5 Å². The zero-order chi connectivity index (χ0) is 16.6. The number of pyridine rings is 2. The van der Waals surface area contributed by atoms with Crippen LogP contribution in [-0.4, -0.2) is 32.0 Å². The van der Waals surface area contributed by atoms with Crippen LogP contribution >= 0.6 is 0 Å². The van der Waals surface area contributed by atoms with Crippen molar-refractivity contribution in [3.05, 3.63) is 53.4 Å². The Morgan fingerprint density at radius 2 is 1.87 bits per heavy atom. The molecule has 0 radical (unpaired) electrons. The van der Waals surface area contributed by atoms with Gasteiger partial charge in [-0.2, -0.15) is 5.10 Å². The van der Waals surface area contributed by atoms with Gasteiger partial charge in [0, 0.05) is 12.1 Å². The summed E-state index contributed by atoms with van der Waals surface area (Å²) in [5.74, 6) is -2.26. The van der Waals surface area contributed by atoms with Gasteiger partial charge in [0.25, 0.3) is 0 Å². The monoisotopic (exact) mass is 320 g/mol. The van der Waals surface area contributed by atoms with Crippen molar-refractivity contribution >= 4 is 16.7 Å². The van der Waals surface area contributed by atoms with E-state index in [-0.39, 0.29) is 41.1 Å². The van der Waals surface area contributed by atoms with E-state index in [9.17, 15) is 13.2 Å². The minimum atomic E-state index is -0.828. The SMILES string of the molecule is N=C(CN)c1nn(Cc2c(F)cncc2F)c2ncc(F)cc12. The summed E-state index contributed by atoms with van der Waals surface area (Å²) in [6, 6.07) is 1.16. The molecule has 3 heterocycles. The van der Waals surface area contributed by atoms with Gasteiger partial charge >= 0.3 is 0 Å². The number of nitrogens with one attached hydrogen (secondary N) is 1. The van der Waals surface area contributed by atoms with Gasteiger partial charge < -0.3 is 11.1 Å². The minimum Gasteiger partial charge on any atom is -0.325 e. The van der Waals surface area contributed by atoms with Gasteiger partial charge in [-0.05, 0) is 6.07 Å². The van der Waals surface area contributed by atoms with Crippen LogP contribution in [0.25, 0.3) is 11.0 Å². The molecule has 0 unspecified atom stereocenters. The number of hydrogen-bond acceptors (Lipinski definition) is 5. The maximum atomic E-state index is 13.7. The molecular weight excluding hydrogens is 309 g/mol. The first kappa shape index (κ1) is 15.1. The lowest BCUT2D eigenvalue weighted by molar-refractivity contribution is 0.527. The molecule has 0 aromatic carbocycles. The van der Waals surface area contributed by atoms with E-state index in [4.69, 9.17) is 11.1 Å². The first-order valence-corrected chi connectivity index (χ1v) is 6.59. The van der Waals surface area contributed by atoms with Crippen molar-refractivity contribution in [1.29, 1.82) is 5.41 Å². The lowest BCUT2D eigenvalue weighted by Gasteiger charge is -2.05. The largest absolute Gasteiger partial charge is 0.325 e. The standard InChI is InChI=1S/C14H11F3N6/c15-7-1-8-13(12(19)2-18)22-23(14(8)21-3-7)6-9-10(16)4-20-5-11(9)17/h1,3-5,19H,2,6,18H2. The molecule has 0 saturated heterocycles. The highest BCUT2D eigenvalue weighted by molar-refractivity contribution is 6.07. The number of nitrogens with zero attached hydrogens (tertiary/aromatic N) is 4. The first-order chi connectivity index (χ1) is 11.0. The molecule has 3 aromatic rings. The lowest BCUT2D eigenvalue weighted by Crippen LogP contribution is -2.15. The minimum absolute atomic E-state index is 0.0307. The fourth-order valence-corrected chi connectivity index (χ4v) is 2.20. The molecule has 0 saturated carbocycles. The summed E-state index contributed by atoms with van der Waals surface area (Å²) >= 11 is 0. The normalized spacial score (nSPS) is 11.1. The zero-order valence-corrected chi connectivity index (χ0v) is 11.7. The van der Waals surface area contributed by atoms with Crippen molar-refractivity contribution in [2.75, 3.05) is 6.54 Å². The van der Waals surface area contributed by atoms with Crippen molar-refractivity contribution in [3.8, 4) is 0 Å². The number of rotatable bonds is 4. The molecule has 0 amide bonds. The van der Waals surface area contributed by atoms with Crippen molar-refractivity contribution in [2.45, 2.75) is 6.54 Å². The highest BCUT2D eigenvalue weighted by Gasteiger charge is 2.18. The van der Waals surface area contributed by atoms with Gasteiger partial charge in [0.05, 0.1) is 36.2 Å². The Balaban J connectivity index is 2.16. The van der Waals surface area contributed by atoms with Gasteiger partial charge in [0.1, 0.15) is 23.1 Å². The van der Waals surface area contributed by atoms with Crippen molar-refractivity contribution in [1.82, 2.24) is 19.7 Å². The van der Waals surface area contributed by atoms with Crippen LogP contribution in [0.4, 0.5) is 13.2 Å². The zero-order valence-electron chi connectivity index (χ0n) is 11.7. The summed E-state index contributed by atoms with van der Waals surface area (Å²) in [4.78, 5) is 7.31. The number of halogens is 3. The predicted octanol–water partition coefficient (Wildman–Crippen LogP) is 1.62. The van der Waals surface area contributed by atoms with E-state index in [0.717, 1.165) is 24.7 Å². The Morgan fingerprint density at radius 1 is 1.17 bits per heavy atom. The van der Waals surface area contributed by atoms with Crippen molar-refractivity contribution < 1.29 is 13.2 Å². The molecular formula is C14H11F3N6. The van der Waals surface area contributed by atoms with Crippen LogP contribution in [-0.2, 0) is 6.54 Å². The summed E-state index contributed by atoms with van der Waals surface area (Å²) in [5, 5.41) is 12.2. The number of nitrogens with two attached hydrogens (primary N) is 1. The van der Waals surface area contributed by atoms with E-state index in [1.165, 1.54) is 4.68 Å². The summed E-state index contributed by atoms with van der Waals surface area (Å²) < 4.78 is 42.1. The van der Waals surface area contributed by atoms with Crippen LogP contribution in [0.5, 0.6) is 0 Å². The molecule has 0 spiro atoms. The van der Waals surface area contributed by atoms with Gasteiger partial charge in [-0.1, -0.05) is 0 Å². The Kier molecular flexibility index (Phi) is 3.78. The lowest BCUT2D eigenvalue weighted by atomic mass is 10.2. The molecule has 3 aromatic heterocycles. The van der Waals surface area contributed by atoms with E-state index >= 15 is 0 Å². The van der Waals surface area contributed by atoms with E-state index in [2.05, 4.69) is 15.1 Å². The van der Waals surface area contributed by atoms with E-state index in [0.29, 0.717) is 0 Å². The molecule has 3 rings (SSSR count). The second-order valence-electron chi connectivity index (χ2n) is 4.80. The summed E-state index contributed by atoms with van der Waals surface area (Å²) in [7, 11) is 0. The van der Waals surface area contributed by atoms with Gasteiger partial charge in [0.15, 0.2) is 5.65 Å². The van der Waals surface area contributed by atoms with Gasteiger partial charge in [-0.25, -0.2) is 22.8 Å². The average molecular weight is 320 g/mol. The highest BCUT2D eigenvalue weighted by atomic mass is 19.1. The van der Waals surface area contributed by atoms with Crippen LogP contribution < -0.4 is 5.73 Å². The number of aromatic nitrogens is 4. The molecule has 0 aliphatic carbocycles. The Morgan fingerprint density at radius 3 is 2.52 bits per heavy atom. The average Bonchev–Trinajstić information content (AvgIpc) is 2.88. The Bertz CT molecular complexity index is 885. The topological polar surface area (TPSA) is 93.5 Å². The highest BCUT2D eigenvalue weighted by Crippen LogP contribution is 2.20. The fraction of sp³-hybridized carbons (Fsp3) is 0.143. The molecule has 23 heavy (non-hydrogen) atoms. The van der Waals surface area contributed by atoms with Gasteiger partial charge in [-0.3, -0.25) is 4.98 Å². The Hall–Kier alpha value is -2.81. The first-order valence-electron chi connectivity index (χ1n) is 6.59. The number of fused-ring (bicyclic) bond motifs is 1. The fourth-order valence-electron chi connectivity index (χ4n) is 2.20. The van der Waals surface area contributed by atoms with E-state index in [1.807, 2.05) is 0 Å². The molecule has 0 atom stereocenters. The molecule has 6 nitrogen and oxygen atoms in total. The third kappa shape index (κ3) is 2.66. The smallest absolute Gasteiger partial charge is 0.158 e. The second kappa shape index (κ2) is 5.76. The number of hydrogen-bond donors (Lipinski definition) is 2. The molecule has 9 heteroatoms. The van der Waals surface area contributed by atoms with Crippen LogP contribution in [0, 0.1) is 22.9 Å². The maximum Gasteiger partial charge on any atom is 0.158 e. The third-order valence-electron chi connectivity index (χ3n) is 3.30. The molecule has 0 bridgehead atoms. The summed E-state index contributed by atoms with van der Waals surface area (Å²) in [5.41, 5.74) is 5.48. The Labute approximate surface area is 128 Å². The molecule has 3 N–H and O–H groups in total. The summed E-state index contributed by atoms with van der Waals surface area (Å²) in [6.07, 6.45) is 2.75. The van der Waals surface area contributed by atoms with Gasteiger partial charge in [0.2, 0.25) is 0 Å². The molecule has 0 fully saturated rings. The van der Waals surface area contributed by atoms with Crippen LogP contribution in [0.15, 0.2) is 24.7 Å². The van der Waals surface area contributed by atoms with Gasteiger partial charge in [-0.15, -0.1) is 0 Å². The van der Waals surface area contributed by atoms with Crippen LogP contribution in [0.3, 0.4) is 0 Å². The molecule has 118 valence electrons. The predicted molar refractivity (Wildman–Crippen MR) is 76.6 cm³/mol.